The Hall–Kier alpha value is 0.540. The van der Waals surface area contributed by atoms with Crippen molar-refractivity contribution < 1.29 is 4.55 Å². The third-order valence-corrected chi connectivity index (χ3v) is 9.12. The van der Waals surface area contributed by atoms with Crippen LogP contribution in [0.3, 0.4) is 0 Å². The lowest BCUT2D eigenvalue weighted by atomic mass is 10.7. The van der Waals surface area contributed by atoms with Gasteiger partial charge >= 0.3 is 0 Å². The zero-order valence-electron chi connectivity index (χ0n) is 4.76. The van der Waals surface area contributed by atoms with Crippen molar-refractivity contribution in [2.45, 2.75) is 0 Å². The summed E-state index contributed by atoms with van der Waals surface area (Å²) in [7, 11) is 5.31. The van der Waals surface area contributed by atoms with Crippen molar-refractivity contribution in [3.05, 3.63) is 22.9 Å². The Balaban J connectivity index is 3.13. The van der Waals surface area contributed by atoms with Crippen molar-refractivity contribution in [1.82, 2.24) is 0 Å². The van der Waals surface area contributed by atoms with Crippen LogP contribution in [0.1, 0.15) is 0 Å². The Labute approximate surface area is 75.2 Å². The zero-order valence-corrected chi connectivity index (χ0v) is 8.84. The highest BCUT2D eigenvalue weighted by atomic mass is 33.5. The molecule has 0 amide bonds. The molecule has 1 rings (SSSR count). The summed E-state index contributed by atoms with van der Waals surface area (Å²) in [5, 5.41) is 3.65. The maximum Gasteiger partial charge on any atom is 0.226 e. The van der Waals surface area contributed by atoms with E-state index in [0.717, 1.165) is 0 Å². The maximum absolute atomic E-state index is 10.9. The number of hydrogen-bond donors (Lipinski definition) is 0. The van der Waals surface area contributed by atoms with Gasteiger partial charge in [-0.3, -0.25) is 0 Å². The molecule has 1 nitrogen and oxygen atoms in total. The summed E-state index contributed by atoms with van der Waals surface area (Å²) in [4.78, 5) is 0. The fraction of sp³-hybridized carbons (Fsp3) is 0. The highest BCUT2D eigenvalue weighted by molar-refractivity contribution is 8.15. The van der Waals surface area contributed by atoms with Crippen LogP contribution in [-0.4, -0.2) is 4.55 Å². The molecule has 56 valence electrons. The van der Waals surface area contributed by atoms with E-state index in [2.05, 4.69) is 0 Å². The number of hydrogen-bond acceptors (Lipinski definition) is 5. The van der Waals surface area contributed by atoms with E-state index in [1.54, 1.807) is 34.4 Å². The van der Waals surface area contributed by atoms with Crippen molar-refractivity contribution in [2.24, 2.45) is 0 Å². The summed E-state index contributed by atoms with van der Waals surface area (Å²) < 4.78 is 10.9. The van der Waals surface area contributed by atoms with Gasteiger partial charge in [-0.05, 0) is 12.1 Å². The first-order valence-electron chi connectivity index (χ1n) is 2.30. The Bertz CT molecular complexity index is 221. The third-order valence-electron chi connectivity index (χ3n) is 0.597. The summed E-state index contributed by atoms with van der Waals surface area (Å²) in [6.07, 6.45) is 0. The van der Waals surface area contributed by atoms with Gasteiger partial charge in [-0.15, -0.1) is 0 Å². The van der Waals surface area contributed by atoms with Crippen LogP contribution in [0.15, 0.2) is 22.9 Å². The van der Waals surface area contributed by atoms with Crippen molar-refractivity contribution in [3.63, 3.8) is 0 Å². The Morgan fingerprint density at radius 1 is 1.20 bits per heavy atom. The van der Waals surface area contributed by atoms with Gasteiger partial charge in [0.15, 0.2) is 9.34 Å². The minimum atomic E-state index is -0.866. The fourth-order valence-corrected chi connectivity index (χ4v) is 8.44. The van der Waals surface area contributed by atoms with Crippen molar-refractivity contribution in [1.29, 1.82) is 0 Å². The molecule has 0 saturated heterocycles. The van der Waals surface area contributed by atoms with E-state index in [9.17, 15) is 4.55 Å². The second-order valence-corrected chi connectivity index (χ2v) is 9.35. The molecular weight excluding hydrogens is 224 g/mol. The molecule has 1 aromatic heterocycles. The second-order valence-electron chi connectivity index (χ2n) is 1.22. The topological polar surface area (TPSA) is 23.1 Å². The van der Waals surface area contributed by atoms with Gasteiger partial charge < -0.3 is 4.55 Å². The third kappa shape index (κ3) is 3.65. The minimum Gasteiger partial charge on any atom is -0.679 e. The Morgan fingerprint density at radius 3 is 3.00 bits per heavy atom. The molecule has 0 bridgehead atoms. The molecule has 0 fully saturated rings. The van der Waals surface area contributed by atoms with E-state index >= 15 is 0 Å². The molecular formula is C4H4OS5. The van der Waals surface area contributed by atoms with Gasteiger partial charge in [0.05, 0.1) is 5.38 Å². The molecule has 6 heteroatoms. The van der Waals surface area contributed by atoms with Gasteiger partial charge in [0, 0.05) is 5.38 Å². The molecule has 0 aromatic carbocycles. The second kappa shape index (κ2) is 5.22. The molecule has 0 radical (unpaired) electrons. The first-order chi connectivity index (χ1) is 4.89. The van der Waals surface area contributed by atoms with Gasteiger partial charge in [-0.1, -0.05) is 20.1 Å². The molecule has 1 atom stereocenters. The molecule has 1 heterocycles. The normalized spacial score (nSPS) is 10.3. The SMILES string of the molecule is [O-][s+]1ccccssss1. The molecule has 0 aliphatic rings. The minimum absolute atomic E-state index is 0.866. The van der Waals surface area contributed by atoms with Crippen LogP contribution < -0.4 is 0 Å². The molecule has 0 N–H and O–H groups in total. The van der Waals surface area contributed by atoms with E-state index in [1.807, 2.05) is 17.5 Å². The van der Waals surface area contributed by atoms with Crippen LogP contribution in [0.2, 0.25) is 0 Å². The first kappa shape index (κ1) is 8.63. The lowest BCUT2D eigenvalue weighted by Gasteiger charge is -1.83. The van der Waals surface area contributed by atoms with E-state index < -0.39 is 9.75 Å². The van der Waals surface area contributed by atoms with Crippen LogP contribution in [0.5, 0.6) is 0 Å². The van der Waals surface area contributed by atoms with Crippen molar-refractivity contribution >= 4 is 48.1 Å². The quantitative estimate of drug-likeness (QED) is 0.488. The van der Waals surface area contributed by atoms with E-state index in [4.69, 9.17) is 0 Å². The van der Waals surface area contributed by atoms with Crippen molar-refractivity contribution in [2.75, 3.05) is 0 Å². The molecule has 0 aliphatic carbocycles. The predicted octanol–water partition coefficient (Wildman–Crippen LogP) is 3.91. The first-order valence-corrected chi connectivity index (χ1v) is 8.91. The summed E-state index contributed by atoms with van der Waals surface area (Å²) in [6.45, 7) is 0. The fourth-order valence-electron chi connectivity index (χ4n) is 0.287. The van der Waals surface area contributed by atoms with Gasteiger partial charge in [-0.2, -0.15) is 0 Å². The van der Waals surface area contributed by atoms with Gasteiger partial charge in [0.25, 0.3) is 0 Å². The van der Waals surface area contributed by atoms with Crippen LogP contribution in [0.25, 0.3) is 0 Å². The lowest BCUT2D eigenvalue weighted by molar-refractivity contribution is 0.602. The number of rotatable bonds is 0. The van der Waals surface area contributed by atoms with Crippen LogP contribution in [0.4, 0.5) is 0 Å². The smallest absolute Gasteiger partial charge is 0.226 e. The zero-order chi connectivity index (χ0) is 7.23. The highest BCUT2D eigenvalue weighted by Gasteiger charge is 1.76. The average Bonchev–Trinajstić information content (AvgIpc) is 2.02. The summed E-state index contributed by atoms with van der Waals surface area (Å²) >= 11 is 0. The standard InChI is InChI=1S/C4H4OS5/c5-10-4-2-1-3-6-7-8-9-10/h1-4H. The average molecular weight is 228 g/mol. The Kier molecular flexibility index (Phi) is 4.51. The van der Waals surface area contributed by atoms with E-state index in [0.29, 0.717) is 0 Å². The summed E-state index contributed by atoms with van der Waals surface area (Å²) in [5.41, 5.74) is 0. The molecule has 0 spiro atoms. The summed E-state index contributed by atoms with van der Waals surface area (Å²) in [6, 6.07) is 3.70. The molecule has 10 heavy (non-hydrogen) atoms. The summed E-state index contributed by atoms with van der Waals surface area (Å²) in [5.74, 6) is 0. The highest BCUT2D eigenvalue weighted by Crippen LogP contribution is 2.22. The lowest BCUT2D eigenvalue weighted by Crippen LogP contribution is -1.43. The molecule has 1 unspecified atom stereocenters. The Morgan fingerprint density at radius 2 is 2.10 bits per heavy atom. The van der Waals surface area contributed by atoms with Crippen LogP contribution in [0, 0.1) is 0 Å². The molecule has 0 saturated carbocycles. The van der Waals surface area contributed by atoms with Crippen molar-refractivity contribution in [3.8, 4) is 0 Å². The van der Waals surface area contributed by atoms with Gasteiger partial charge in [0.2, 0.25) is 9.34 Å². The monoisotopic (exact) mass is 228 g/mol. The van der Waals surface area contributed by atoms with Crippen LogP contribution in [-0.2, 0) is 0 Å². The molecule has 0 aliphatic heterocycles. The molecule has 1 aromatic rings. The predicted molar refractivity (Wildman–Crippen MR) is 51.9 cm³/mol. The van der Waals surface area contributed by atoms with Gasteiger partial charge in [0.1, 0.15) is 9.34 Å². The van der Waals surface area contributed by atoms with Crippen LogP contribution >= 0.6 is 48.1 Å². The maximum atomic E-state index is 10.9. The van der Waals surface area contributed by atoms with E-state index in [1.165, 1.54) is 9.34 Å². The largest absolute Gasteiger partial charge is 0.679 e. The van der Waals surface area contributed by atoms with E-state index in [-0.39, 0.29) is 0 Å². The van der Waals surface area contributed by atoms with Gasteiger partial charge in [-0.25, -0.2) is 0 Å².